The van der Waals surface area contributed by atoms with Gasteiger partial charge in [-0.1, -0.05) is 41.4 Å². The Balaban J connectivity index is 1.54. The van der Waals surface area contributed by atoms with Gasteiger partial charge in [0.25, 0.3) is 11.8 Å². The summed E-state index contributed by atoms with van der Waals surface area (Å²) in [4.78, 5) is 26.6. The van der Waals surface area contributed by atoms with Crippen LogP contribution in [-0.4, -0.2) is 11.8 Å². The van der Waals surface area contributed by atoms with E-state index in [0.29, 0.717) is 27.9 Å². The Morgan fingerprint density at radius 3 is 2.17 bits per heavy atom. The van der Waals surface area contributed by atoms with Crippen molar-refractivity contribution in [3.05, 3.63) is 94.1 Å². The normalized spacial score (nSPS) is 13.8. The SMILES string of the molecule is Cc1cc(Cl)ccc1NC1=C(Cl)C(=O)N(c2ccc(Oc3ccccc3)cc2)C1=O. The number of aryl methyl sites for hydroxylation is 1. The summed E-state index contributed by atoms with van der Waals surface area (Å²) in [6.07, 6.45) is 0. The number of hydrogen-bond donors (Lipinski definition) is 1. The van der Waals surface area contributed by atoms with Crippen LogP contribution in [0.5, 0.6) is 11.5 Å². The van der Waals surface area contributed by atoms with Crippen molar-refractivity contribution >= 4 is 46.4 Å². The van der Waals surface area contributed by atoms with Gasteiger partial charge in [0.1, 0.15) is 22.2 Å². The number of rotatable bonds is 5. The number of para-hydroxylation sites is 1. The van der Waals surface area contributed by atoms with Crippen molar-refractivity contribution in [1.82, 2.24) is 0 Å². The maximum atomic E-state index is 12.9. The average Bonchev–Trinajstić information content (AvgIpc) is 2.94. The molecule has 0 spiro atoms. The molecule has 4 rings (SSSR count). The van der Waals surface area contributed by atoms with Crippen LogP contribution in [0.4, 0.5) is 11.4 Å². The van der Waals surface area contributed by atoms with E-state index >= 15 is 0 Å². The number of ether oxygens (including phenoxy) is 1. The summed E-state index contributed by atoms with van der Waals surface area (Å²) in [5, 5.41) is 3.37. The third kappa shape index (κ3) is 3.90. The number of benzene rings is 3. The van der Waals surface area contributed by atoms with Gasteiger partial charge in [0.2, 0.25) is 0 Å². The second kappa shape index (κ2) is 8.22. The number of hydrogen-bond acceptors (Lipinski definition) is 4. The van der Waals surface area contributed by atoms with Crippen molar-refractivity contribution < 1.29 is 14.3 Å². The molecule has 0 aromatic heterocycles. The molecule has 1 N–H and O–H groups in total. The van der Waals surface area contributed by atoms with Gasteiger partial charge in [-0.25, -0.2) is 4.90 Å². The summed E-state index contributed by atoms with van der Waals surface area (Å²) in [7, 11) is 0. The third-order valence-electron chi connectivity index (χ3n) is 4.55. The van der Waals surface area contributed by atoms with Crippen LogP contribution in [0.25, 0.3) is 0 Å². The molecule has 1 aliphatic rings. The molecule has 1 heterocycles. The Morgan fingerprint density at radius 2 is 1.50 bits per heavy atom. The van der Waals surface area contributed by atoms with E-state index in [2.05, 4.69) is 5.32 Å². The van der Waals surface area contributed by atoms with E-state index in [9.17, 15) is 9.59 Å². The fraction of sp³-hybridized carbons (Fsp3) is 0.0435. The molecule has 5 nitrogen and oxygen atoms in total. The number of carbonyl (C=O) groups excluding carboxylic acids is 2. The van der Waals surface area contributed by atoms with Gasteiger partial charge in [0.15, 0.2) is 0 Å². The minimum absolute atomic E-state index is 0.0247. The topological polar surface area (TPSA) is 58.6 Å². The lowest BCUT2D eigenvalue weighted by Crippen LogP contribution is -2.32. The molecule has 0 aliphatic carbocycles. The highest BCUT2D eigenvalue weighted by Crippen LogP contribution is 2.32. The van der Waals surface area contributed by atoms with Crippen LogP contribution in [0, 0.1) is 6.92 Å². The predicted molar refractivity (Wildman–Crippen MR) is 118 cm³/mol. The molecule has 0 bridgehead atoms. The van der Waals surface area contributed by atoms with Crippen molar-refractivity contribution in [1.29, 1.82) is 0 Å². The molecule has 0 radical (unpaired) electrons. The number of nitrogens with zero attached hydrogens (tertiary/aromatic N) is 1. The molecule has 7 heteroatoms. The maximum Gasteiger partial charge on any atom is 0.283 e. The first kappa shape index (κ1) is 20.0. The number of carbonyl (C=O) groups is 2. The van der Waals surface area contributed by atoms with Crippen molar-refractivity contribution in [2.24, 2.45) is 0 Å². The number of halogens is 2. The number of amides is 2. The molecule has 0 fully saturated rings. The molecule has 0 atom stereocenters. The van der Waals surface area contributed by atoms with Crippen molar-refractivity contribution in [2.75, 3.05) is 10.2 Å². The van der Waals surface area contributed by atoms with Gasteiger partial charge in [0, 0.05) is 10.7 Å². The van der Waals surface area contributed by atoms with Crippen LogP contribution < -0.4 is 15.0 Å². The van der Waals surface area contributed by atoms with Crippen LogP contribution in [0.2, 0.25) is 5.02 Å². The fourth-order valence-corrected chi connectivity index (χ4v) is 3.47. The Hall–Kier alpha value is -3.28. The van der Waals surface area contributed by atoms with E-state index in [1.807, 2.05) is 37.3 Å². The zero-order chi connectivity index (χ0) is 21.3. The summed E-state index contributed by atoms with van der Waals surface area (Å²) in [5.41, 5.74) is 1.88. The van der Waals surface area contributed by atoms with Gasteiger partial charge in [-0.15, -0.1) is 0 Å². The van der Waals surface area contributed by atoms with Crippen molar-refractivity contribution in [3.63, 3.8) is 0 Å². The molecular formula is C23H16Cl2N2O3. The van der Waals surface area contributed by atoms with Crippen LogP contribution in [0.1, 0.15) is 5.56 Å². The molecular weight excluding hydrogens is 423 g/mol. The van der Waals surface area contributed by atoms with Gasteiger partial charge in [-0.05, 0) is 67.1 Å². The van der Waals surface area contributed by atoms with E-state index in [-0.39, 0.29) is 10.7 Å². The molecule has 30 heavy (non-hydrogen) atoms. The lowest BCUT2D eigenvalue weighted by atomic mass is 10.2. The highest BCUT2D eigenvalue weighted by molar-refractivity contribution is 6.53. The average molecular weight is 439 g/mol. The van der Waals surface area contributed by atoms with Gasteiger partial charge in [-0.3, -0.25) is 9.59 Å². The van der Waals surface area contributed by atoms with E-state index in [0.717, 1.165) is 10.5 Å². The second-order valence-electron chi connectivity index (χ2n) is 6.63. The summed E-state index contributed by atoms with van der Waals surface area (Å²) >= 11 is 12.2. The van der Waals surface area contributed by atoms with Crippen LogP contribution in [0.3, 0.4) is 0 Å². The minimum Gasteiger partial charge on any atom is -0.457 e. The lowest BCUT2D eigenvalue weighted by molar-refractivity contribution is -0.120. The van der Waals surface area contributed by atoms with E-state index in [4.69, 9.17) is 27.9 Å². The molecule has 150 valence electrons. The largest absolute Gasteiger partial charge is 0.457 e. The van der Waals surface area contributed by atoms with Gasteiger partial charge in [0.05, 0.1) is 5.69 Å². The van der Waals surface area contributed by atoms with Gasteiger partial charge < -0.3 is 10.1 Å². The summed E-state index contributed by atoms with van der Waals surface area (Å²) in [6.45, 7) is 1.84. The van der Waals surface area contributed by atoms with E-state index in [1.165, 1.54) is 0 Å². The smallest absolute Gasteiger partial charge is 0.283 e. The van der Waals surface area contributed by atoms with Crippen LogP contribution in [0.15, 0.2) is 83.5 Å². The third-order valence-corrected chi connectivity index (χ3v) is 5.13. The standard InChI is InChI=1S/C23H16Cl2N2O3/c1-14-13-15(24)7-12-19(14)26-21-20(25)22(28)27(23(21)29)16-8-10-18(11-9-16)30-17-5-3-2-4-6-17/h2-13,26H,1H3. The number of nitrogens with one attached hydrogen (secondary N) is 1. The molecule has 1 aliphatic heterocycles. The molecule has 2 amide bonds. The zero-order valence-electron chi connectivity index (χ0n) is 15.9. The monoisotopic (exact) mass is 438 g/mol. The number of anilines is 2. The van der Waals surface area contributed by atoms with Gasteiger partial charge >= 0.3 is 0 Å². The Labute approximate surface area is 183 Å². The number of imide groups is 1. The Bertz CT molecular complexity index is 1160. The highest BCUT2D eigenvalue weighted by Gasteiger charge is 2.39. The first-order valence-electron chi connectivity index (χ1n) is 9.09. The first-order chi connectivity index (χ1) is 14.4. The first-order valence-corrected chi connectivity index (χ1v) is 9.84. The van der Waals surface area contributed by atoms with Gasteiger partial charge in [-0.2, -0.15) is 0 Å². The van der Waals surface area contributed by atoms with E-state index in [1.54, 1.807) is 42.5 Å². The van der Waals surface area contributed by atoms with Crippen LogP contribution >= 0.6 is 23.2 Å². The Morgan fingerprint density at radius 1 is 0.833 bits per heavy atom. The highest BCUT2D eigenvalue weighted by atomic mass is 35.5. The molecule has 3 aromatic carbocycles. The zero-order valence-corrected chi connectivity index (χ0v) is 17.4. The summed E-state index contributed by atoms with van der Waals surface area (Å²) in [5.74, 6) is 0.148. The molecule has 0 unspecified atom stereocenters. The van der Waals surface area contributed by atoms with Crippen LogP contribution in [-0.2, 0) is 9.59 Å². The van der Waals surface area contributed by atoms with E-state index < -0.39 is 11.8 Å². The lowest BCUT2D eigenvalue weighted by Gasteiger charge is -2.16. The Kier molecular flexibility index (Phi) is 5.48. The molecule has 3 aromatic rings. The maximum absolute atomic E-state index is 12.9. The van der Waals surface area contributed by atoms with Crippen molar-refractivity contribution in [3.8, 4) is 11.5 Å². The van der Waals surface area contributed by atoms with Crippen molar-refractivity contribution in [2.45, 2.75) is 6.92 Å². The minimum atomic E-state index is -0.590. The second-order valence-corrected chi connectivity index (χ2v) is 7.44. The summed E-state index contributed by atoms with van der Waals surface area (Å²) in [6, 6.07) is 21.1. The summed E-state index contributed by atoms with van der Waals surface area (Å²) < 4.78 is 5.75. The molecule has 0 saturated carbocycles. The fourth-order valence-electron chi connectivity index (χ4n) is 3.04. The molecule has 0 saturated heterocycles. The quantitative estimate of drug-likeness (QED) is 0.505. The predicted octanol–water partition coefficient (Wildman–Crippen LogP) is 5.88.